The van der Waals surface area contributed by atoms with E-state index in [1.165, 1.54) is 10.8 Å². The molecule has 0 aliphatic rings. The van der Waals surface area contributed by atoms with E-state index in [1.807, 2.05) is 36.4 Å². The highest BCUT2D eigenvalue weighted by atomic mass is 16.4. The number of carboxylic acids is 2. The van der Waals surface area contributed by atoms with E-state index >= 15 is 0 Å². The van der Waals surface area contributed by atoms with Crippen molar-refractivity contribution in [1.82, 2.24) is 5.32 Å². The SMILES string of the molecule is Nc1ccc2ccccc2c1.O=C(O)CCCC(=O)N[C@@H](Cc1ccccc1)C(=O)O. The van der Waals surface area contributed by atoms with Gasteiger partial charge in [0, 0.05) is 24.9 Å². The monoisotopic (exact) mass is 422 g/mol. The summed E-state index contributed by atoms with van der Waals surface area (Å²) in [6.07, 6.45) is 0.286. The van der Waals surface area contributed by atoms with Crippen LogP contribution in [0.15, 0.2) is 72.8 Å². The van der Waals surface area contributed by atoms with Crippen molar-refractivity contribution >= 4 is 34.3 Å². The lowest BCUT2D eigenvalue weighted by atomic mass is 10.1. The molecule has 0 radical (unpaired) electrons. The lowest BCUT2D eigenvalue weighted by Crippen LogP contribution is -2.42. The first-order valence-electron chi connectivity index (χ1n) is 9.87. The molecule has 3 rings (SSSR count). The molecule has 0 heterocycles. The molecular formula is C24H26N2O5. The highest BCUT2D eigenvalue weighted by Gasteiger charge is 2.20. The standard InChI is InChI=1S/C14H17NO5.C10H9N/c16-12(7-4-8-13(17)18)15-11(14(19)20)9-10-5-2-1-3-6-10;11-10-6-5-8-3-1-2-4-9(8)7-10/h1-3,5-6,11H,4,7-9H2,(H,15,16)(H,17,18)(H,19,20);1-7H,11H2/t11-;/m0./s1. The number of fused-ring (bicyclic) bond motifs is 1. The summed E-state index contributed by atoms with van der Waals surface area (Å²) in [5.41, 5.74) is 7.26. The lowest BCUT2D eigenvalue weighted by Gasteiger charge is -2.14. The zero-order valence-corrected chi connectivity index (χ0v) is 17.0. The molecule has 0 saturated heterocycles. The Kier molecular flexibility index (Phi) is 9.04. The van der Waals surface area contributed by atoms with Crippen molar-refractivity contribution in [3.63, 3.8) is 0 Å². The van der Waals surface area contributed by atoms with E-state index in [-0.39, 0.29) is 25.7 Å². The van der Waals surface area contributed by atoms with Gasteiger partial charge in [-0.3, -0.25) is 9.59 Å². The van der Waals surface area contributed by atoms with Crippen molar-refractivity contribution in [1.29, 1.82) is 0 Å². The Balaban J connectivity index is 0.000000258. The van der Waals surface area contributed by atoms with Gasteiger partial charge in [-0.15, -0.1) is 0 Å². The quantitative estimate of drug-likeness (QED) is 0.411. The molecule has 0 aromatic heterocycles. The van der Waals surface area contributed by atoms with E-state index in [2.05, 4.69) is 17.4 Å². The van der Waals surface area contributed by atoms with Crippen molar-refractivity contribution in [2.24, 2.45) is 0 Å². The van der Waals surface area contributed by atoms with Crippen LogP contribution in [-0.2, 0) is 20.8 Å². The molecule has 0 fully saturated rings. The molecule has 1 atom stereocenters. The van der Waals surface area contributed by atoms with E-state index in [4.69, 9.17) is 15.9 Å². The summed E-state index contributed by atoms with van der Waals surface area (Å²) in [6, 6.07) is 22.1. The minimum absolute atomic E-state index is 0.00483. The van der Waals surface area contributed by atoms with Crippen LogP contribution in [0.4, 0.5) is 5.69 Å². The Morgan fingerprint density at radius 3 is 2.13 bits per heavy atom. The maximum absolute atomic E-state index is 11.6. The molecule has 1 amide bonds. The van der Waals surface area contributed by atoms with Crippen LogP contribution < -0.4 is 11.1 Å². The number of benzene rings is 3. The highest BCUT2D eigenvalue weighted by molar-refractivity contribution is 5.85. The lowest BCUT2D eigenvalue weighted by molar-refractivity contribution is -0.142. The third-order valence-corrected chi connectivity index (χ3v) is 4.48. The second-order valence-electron chi connectivity index (χ2n) is 7.00. The van der Waals surface area contributed by atoms with Gasteiger partial charge in [-0.05, 0) is 34.9 Å². The normalized spacial score (nSPS) is 11.1. The maximum atomic E-state index is 11.6. The number of nitrogens with two attached hydrogens (primary N) is 1. The van der Waals surface area contributed by atoms with E-state index < -0.39 is 23.9 Å². The van der Waals surface area contributed by atoms with Gasteiger partial charge in [0.2, 0.25) is 5.91 Å². The number of hydrogen-bond donors (Lipinski definition) is 4. The molecule has 0 bridgehead atoms. The molecule has 31 heavy (non-hydrogen) atoms. The zero-order valence-electron chi connectivity index (χ0n) is 17.0. The molecule has 3 aromatic carbocycles. The fourth-order valence-electron chi connectivity index (χ4n) is 2.92. The third-order valence-electron chi connectivity index (χ3n) is 4.48. The van der Waals surface area contributed by atoms with Gasteiger partial charge in [0.15, 0.2) is 0 Å². The van der Waals surface area contributed by atoms with Gasteiger partial charge >= 0.3 is 11.9 Å². The first-order chi connectivity index (χ1) is 14.8. The van der Waals surface area contributed by atoms with Crippen LogP contribution in [0.3, 0.4) is 0 Å². The van der Waals surface area contributed by atoms with E-state index in [0.717, 1.165) is 11.3 Å². The number of carbonyl (C=O) groups is 3. The smallest absolute Gasteiger partial charge is 0.326 e. The molecule has 0 aliphatic carbocycles. The summed E-state index contributed by atoms with van der Waals surface area (Å²) < 4.78 is 0. The maximum Gasteiger partial charge on any atom is 0.326 e. The Morgan fingerprint density at radius 2 is 1.48 bits per heavy atom. The third kappa shape index (κ3) is 8.57. The Bertz CT molecular complexity index is 1020. The second-order valence-corrected chi connectivity index (χ2v) is 7.00. The van der Waals surface area contributed by atoms with Gasteiger partial charge in [-0.25, -0.2) is 4.79 Å². The summed E-state index contributed by atoms with van der Waals surface area (Å²) in [7, 11) is 0. The van der Waals surface area contributed by atoms with E-state index in [0.29, 0.717) is 0 Å². The van der Waals surface area contributed by atoms with Gasteiger partial charge in [-0.2, -0.15) is 0 Å². The largest absolute Gasteiger partial charge is 0.481 e. The topological polar surface area (TPSA) is 130 Å². The van der Waals surface area contributed by atoms with Crippen LogP contribution in [0, 0.1) is 0 Å². The van der Waals surface area contributed by atoms with Gasteiger partial charge in [-0.1, -0.05) is 60.7 Å². The molecular weight excluding hydrogens is 396 g/mol. The number of aliphatic carboxylic acids is 2. The van der Waals surface area contributed by atoms with Crippen LogP contribution in [-0.4, -0.2) is 34.1 Å². The predicted molar refractivity (Wildman–Crippen MR) is 120 cm³/mol. The van der Waals surface area contributed by atoms with Crippen molar-refractivity contribution in [2.75, 3.05) is 5.73 Å². The number of nitrogen functional groups attached to an aromatic ring is 1. The fraction of sp³-hybridized carbons (Fsp3) is 0.208. The molecule has 0 aliphatic heterocycles. The Morgan fingerprint density at radius 1 is 0.839 bits per heavy atom. The second kappa shape index (κ2) is 12.0. The van der Waals surface area contributed by atoms with Crippen molar-refractivity contribution in [2.45, 2.75) is 31.7 Å². The molecule has 162 valence electrons. The van der Waals surface area contributed by atoms with Gasteiger partial charge in [0.1, 0.15) is 6.04 Å². The number of carboxylic acid groups (broad SMARTS) is 2. The van der Waals surface area contributed by atoms with Crippen molar-refractivity contribution < 1.29 is 24.6 Å². The van der Waals surface area contributed by atoms with Crippen LogP contribution in [0.25, 0.3) is 10.8 Å². The van der Waals surface area contributed by atoms with Gasteiger partial charge in [0.05, 0.1) is 0 Å². The fourth-order valence-corrected chi connectivity index (χ4v) is 2.92. The van der Waals surface area contributed by atoms with Crippen LogP contribution >= 0.6 is 0 Å². The number of nitrogens with one attached hydrogen (secondary N) is 1. The molecule has 5 N–H and O–H groups in total. The summed E-state index contributed by atoms with van der Waals surface area (Å²) in [5.74, 6) is -2.54. The predicted octanol–water partition coefficient (Wildman–Crippen LogP) is 3.48. The number of anilines is 1. The Labute approximate surface area is 180 Å². The molecule has 3 aromatic rings. The highest BCUT2D eigenvalue weighted by Crippen LogP contribution is 2.16. The van der Waals surface area contributed by atoms with Crippen LogP contribution in [0.1, 0.15) is 24.8 Å². The minimum Gasteiger partial charge on any atom is -0.481 e. The number of rotatable bonds is 8. The van der Waals surface area contributed by atoms with Crippen molar-refractivity contribution in [3.8, 4) is 0 Å². The number of amides is 1. The molecule has 0 saturated carbocycles. The molecule has 7 heteroatoms. The first-order valence-corrected chi connectivity index (χ1v) is 9.87. The summed E-state index contributed by atoms with van der Waals surface area (Å²) in [4.78, 5) is 33.0. The summed E-state index contributed by atoms with van der Waals surface area (Å²) in [5, 5.41) is 22.4. The zero-order chi connectivity index (χ0) is 22.6. The average Bonchev–Trinajstić information content (AvgIpc) is 2.74. The average molecular weight is 422 g/mol. The molecule has 7 nitrogen and oxygen atoms in total. The van der Waals surface area contributed by atoms with E-state index in [1.54, 1.807) is 24.3 Å². The van der Waals surface area contributed by atoms with Crippen LogP contribution in [0.5, 0.6) is 0 Å². The van der Waals surface area contributed by atoms with E-state index in [9.17, 15) is 14.4 Å². The first kappa shape index (κ1) is 23.4. The minimum atomic E-state index is -1.11. The van der Waals surface area contributed by atoms with Crippen molar-refractivity contribution in [3.05, 3.63) is 78.4 Å². The van der Waals surface area contributed by atoms with Gasteiger partial charge < -0.3 is 21.3 Å². The molecule has 0 unspecified atom stereocenters. The van der Waals surface area contributed by atoms with Crippen LogP contribution in [0.2, 0.25) is 0 Å². The number of hydrogen-bond acceptors (Lipinski definition) is 4. The molecule has 0 spiro atoms. The van der Waals surface area contributed by atoms with Gasteiger partial charge in [0.25, 0.3) is 0 Å². The Hall–Kier alpha value is -3.87. The summed E-state index contributed by atoms with van der Waals surface area (Å²) >= 11 is 0. The number of carbonyl (C=O) groups excluding carboxylic acids is 1. The summed E-state index contributed by atoms with van der Waals surface area (Å²) in [6.45, 7) is 0.